The van der Waals surface area contributed by atoms with Crippen molar-refractivity contribution in [3.63, 3.8) is 0 Å². The Kier molecular flexibility index (Phi) is 5.01. The number of hydrogen-bond acceptors (Lipinski definition) is 2. The van der Waals surface area contributed by atoms with Crippen molar-refractivity contribution in [2.45, 2.75) is 19.4 Å². The highest BCUT2D eigenvalue weighted by Gasteiger charge is 2.10. The lowest BCUT2D eigenvalue weighted by atomic mass is 10.1. The summed E-state index contributed by atoms with van der Waals surface area (Å²) in [6.45, 7) is 2.03. The Balaban J connectivity index is 2.03. The molecule has 2 aromatic rings. The van der Waals surface area contributed by atoms with E-state index in [-0.39, 0.29) is 11.9 Å². The van der Waals surface area contributed by atoms with Crippen LogP contribution in [0.4, 0.5) is 10.1 Å². The first-order valence-corrected chi connectivity index (χ1v) is 7.23. The van der Waals surface area contributed by atoms with Crippen LogP contribution in [0.3, 0.4) is 0 Å². The number of anilines is 1. The Hall–Kier alpha value is -1.55. The molecule has 0 spiro atoms. The van der Waals surface area contributed by atoms with Gasteiger partial charge in [-0.3, -0.25) is 0 Å². The van der Waals surface area contributed by atoms with E-state index < -0.39 is 0 Å². The number of para-hydroxylation sites is 1. The van der Waals surface area contributed by atoms with Crippen molar-refractivity contribution < 1.29 is 9.13 Å². The summed E-state index contributed by atoms with van der Waals surface area (Å²) < 4.78 is 19.6. The zero-order chi connectivity index (χ0) is 14.5. The third-order valence-electron chi connectivity index (χ3n) is 3.05. The van der Waals surface area contributed by atoms with Crippen molar-refractivity contribution in [1.29, 1.82) is 0 Å². The van der Waals surface area contributed by atoms with E-state index >= 15 is 0 Å². The minimum absolute atomic E-state index is 0.122. The normalized spacial score (nSPS) is 12.0. The molecule has 0 saturated heterocycles. The van der Waals surface area contributed by atoms with Gasteiger partial charge < -0.3 is 10.1 Å². The van der Waals surface area contributed by atoms with E-state index in [0.29, 0.717) is 5.69 Å². The zero-order valence-corrected chi connectivity index (χ0v) is 13.1. The summed E-state index contributed by atoms with van der Waals surface area (Å²) in [5.74, 6) is 0.590. The molecule has 2 nitrogen and oxygen atoms in total. The maximum Gasteiger partial charge on any atom is 0.147 e. The molecule has 0 aromatic heterocycles. The van der Waals surface area contributed by atoms with E-state index in [4.69, 9.17) is 4.74 Å². The smallest absolute Gasteiger partial charge is 0.147 e. The van der Waals surface area contributed by atoms with Gasteiger partial charge in [0.2, 0.25) is 0 Å². The summed E-state index contributed by atoms with van der Waals surface area (Å²) in [6.07, 6.45) is 0.810. The Morgan fingerprint density at radius 3 is 2.50 bits per heavy atom. The lowest BCUT2D eigenvalue weighted by Gasteiger charge is -2.17. The number of benzene rings is 2. The molecule has 106 valence electrons. The number of nitrogens with one attached hydrogen (secondary N) is 1. The molecule has 0 heterocycles. The lowest BCUT2D eigenvalue weighted by Crippen LogP contribution is -2.19. The molecule has 0 saturated carbocycles. The predicted octanol–water partition coefficient (Wildman–Crippen LogP) is 4.64. The monoisotopic (exact) mass is 337 g/mol. The molecule has 0 aliphatic rings. The van der Waals surface area contributed by atoms with Crippen molar-refractivity contribution in [3.05, 3.63) is 58.3 Å². The van der Waals surface area contributed by atoms with Crippen molar-refractivity contribution in [2.75, 3.05) is 12.4 Å². The van der Waals surface area contributed by atoms with Crippen LogP contribution in [0.15, 0.2) is 46.9 Å². The first-order valence-electron chi connectivity index (χ1n) is 6.43. The Morgan fingerprint density at radius 1 is 1.20 bits per heavy atom. The molecule has 1 unspecified atom stereocenters. The SMILES string of the molecule is COc1ccc(CC(C)Nc2c(F)cccc2Br)cc1. The molecule has 1 atom stereocenters. The molecule has 1 N–H and O–H groups in total. The van der Waals surface area contributed by atoms with Gasteiger partial charge in [0.15, 0.2) is 0 Å². The van der Waals surface area contributed by atoms with Gasteiger partial charge in [0, 0.05) is 10.5 Å². The standard InChI is InChI=1S/C16H17BrFNO/c1-11(10-12-6-8-13(20-2)9-7-12)19-16-14(17)4-3-5-15(16)18/h3-9,11,19H,10H2,1-2H3. The van der Waals surface area contributed by atoms with Crippen LogP contribution < -0.4 is 10.1 Å². The van der Waals surface area contributed by atoms with E-state index in [1.54, 1.807) is 13.2 Å². The van der Waals surface area contributed by atoms with Gasteiger partial charge in [0.05, 0.1) is 12.8 Å². The van der Waals surface area contributed by atoms with Gasteiger partial charge in [-0.1, -0.05) is 18.2 Å². The fraction of sp³-hybridized carbons (Fsp3) is 0.250. The summed E-state index contributed by atoms with van der Waals surface area (Å²) in [6, 6.07) is 13.0. The second-order valence-corrected chi connectivity index (χ2v) is 5.55. The molecule has 2 rings (SSSR count). The van der Waals surface area contributed by atoms with Crippen molar-refractivity contribution in [2.24, 2.45) is 0 Å². The highest BCUT2D eigenvalue weighted by Crippen LogP contribution is 2.26. The molecular weight excluding hydrogens is 321 g/mol. The van der Waals surface area contributed by atoms with Gasteiger partial charge >= 0.3 is 0 Å². The number of halogens is 2. The predicted molar refractivity (Wildman–Crippen MR) is 83.9 cm³/mol. The average Bonchev–Trinajstić information content (AvgIpc) is 2.44. The molecule has 0 amide bonds. The first-order chi connectivity index (χ1) is 9.60. The van der Waals surface area contributed by atoms with Crippen LogP contribution in [0.25, 0.3) is 0 Å². The molecule has 0 fully saturated rings. The molecular formula is C16H17BrFNO. The van der Waals surface area contributed by atoms with Crippen molar-refractivity contribution in [3.8, 4) is 5.75 Å². The van der Waals surface area contributed by atoms with Crippen molar-refractivity contribution >= 4 is 21.6 Å². The first kappa shape index (κ1) is 14.9. The maximum atomic E-state index is 13.7. The Bertz CT molecular complexity index is 551. The van der Waals surface area contributed by atoms with Gasteiger partial charge in [0.1, 0.15) is 11.6 Å². The quantitative estimate of drug-likeness (QED) is 0.858. The van der Waals surface area contributed by atoms with Crippen LogP contribution in [0.2, 0.25) is 0 Å². The third-order valence-corrected chi connectivity index (χ3v) is 3.72. The van der Waals surface area contributed by atoms with Gasteiger partial charge in [-0.25, -0.2) is 4.39 Å². The van der Waals surface area contributed by atoms with Crippen LogP contribution in [-0.4, -0.2) is 13.2 Å². The molecule has 0 bridgehead atoms. The lowest BCUT2D eigenvalue weighted by molar-refractivity contribution is 0.414. The number of methoxy groups -OCH3 is 1. The van der Waals surface area contributed by atoms with E-state index in [1.165, 1.54) is 11.6 Å². The van der Waals surface area contributed by atoms with Gasteiger partial charge in [-0.2, -0.15) is 0 Å². The topological polar surface area (TPSA) is 21.3 Å². The zero-order valence-electron chi connectivity index (χ0n) is 11.5. The Morgan fingerprint density at radius 2 is 1.90 bits per heavy atom. The largest absolute Gasteiger partial charge is 0.497 e. The maximum absolute atomic E-state index is 13.7. The van der Waals surface area contributed by atoms with Gasteiger partial charge in [-0.15, -0.1) is 0 Å². The molecule has 4 heteroatoms. The fourth-order valence-electron chi connectivity index (χ4n) is 2.05. The molecule has 20 heavy (non-hydrogen) atoms. The summed E-state index contributed by atoms with van der Waals surface area (Å²) >= 11 is 3.36. The van der Waals surface area contributed by atoms with Gasteiger partial charge in [0.25, 0.3) is 0 Å². The minimum Gasteiger partial charge on any atom is -0.497 e. The summed E-state index contributed by atoms with van der Waals surface area (Å²) in [7, 11) is 1.65. The fourth-order valence-corrected chi connectivity index (χ4v) is 2.50. The molecule has 0 aliphatic heterocycles. The Labute approximate surface area is 127 Å². The molecule has 2 aromatic carbocycles. The highest BCUT2D eigenvalue weighted by atomic mass is 79.9. The van der Waals surface area contributed by atoms with E-state index in [2.05, 4.69) is 21.2 Å². The average molecular weight is 338 g/mol. The summed E-state index contributed by atoms with van der Waals surface area (Å²) in [5, 5.41) is 3.20. The van der Waals surface area contributed by atoms with E-state index in [0.717, 1.165) is 16.6 Å². The van der Waals surface area contributed by atoms with Crippen LogP contribution in [0.5, 0.6) is 5.75 Å². The van der Waals surface area contributed by atoms with E-state index in [1.807, 2.05) is 37.3 Å². The van der Waals surface area contributed by atoms with Crippen molar-refractivity contribution in [1.82, 2.24) is 0 Å². The second-order valence-electron chi connectivity index (χ2n) is 4.69. The minimum atomic E-state index is -0.249. The summed E-state index contributed by atoms with van der Waals surface area (Å²) in [5.41, 5.74) is 1.69. The third kappa shape index (κ3) is 3.73. The number of rotatable bonds is 5. The van der Waals surface area contributed by atoms with Crippen LogP contribution in [-0.2, 0) is 6.42 Å². The highest BCUT2D eigenvalue weighted by molar-refractivity contribution is 9.10. The number of ether oxygens (including phenoxy) is 1. The van der Waals surface area contributed by atoms with Crippen LogP contribution in [0, 0.1) is 5.82 Å². The second kappa shape index (κ2) is 6.75. The summed E-state index contributed by atoms with van der Waals surface area (Å²) in [4.78, 5) is 0. The molecule has 0 radical (unpaired) electrons. The van der Waals surface area contributed by atoms with Gasteiger partial charge in [-0.05, 0) is 59.1 Å². The molecule has 0 aliphatic carbocycles. The van der Waals surface area contributed by atoms with Crippen LogP contribution in [0.1, 0.15) is 12.5 Å². The van der Waals surface area contributed by atoms with Crippen LogP contribution >= 0.6 is 15.9 Å². The number of hydrogen-bond donors (Lipinski definition) is 1. The van der Waals surface area contributed by atoms with E-state index in [9.17, 15) is 4.39 Å².